The molecule has 0 saturated carbocycles. The lowest BCUT2D eigenvalue weighted by Gasteiger charge is -2.46. The molecule has 1 aromatic carbocycles. The number of likely N-dealkylation sites (tertiary alicyclic amines) is 1. The second-order valence-electron chi connectivity index (χ2n) is 10.3. The molecule has 0 spiro atoms. The fourth-order valence-corrected chi connectivity index (χ4v) is 6.81. The standard InChI is InChI=1S/C25H31N5O4/c31-21-7-6-20(23(32)27-21)30-24(33)19-3-1-2-15(22(19)25(30)34)12-28-13-17-4-5-18(14-28)29(17)16-8-10-26-11-9-16/h1-3,16-18,20,26H,4-14H2,(H,27,31,32). The van der Waals surface area contributed by atoms with Gasteiger partial charge in [-0.15, -0.1) is 0 Å². The van der Waals surface area contributed by atoms with Crippen LogP contribution >= 0.6 is 0 Å². The number of nitrogens with zero attached hydrogens (tertiary/aromatic N) is 3. The number of carbonyl (C=O) groups is 4. The first-order chi connectivity index (χ1) is 16.5. The predicted molar refractivity (Wildman–Crippen MR) is 123 cm³/mol. The average molecular weight is 466 g/mol. The van der Waals surface area contributed by atoms with E-state index >= 15 is 0 Å². The van der Waals surface area contributed by atoms with Crippen molar-refractivity contribution in [1.29, 1.82) is 0 Å². The van der Waals surface area contributed by atoms with E-state index in [9.17, 15) is 19.2 Å². The van der Waals surface area contributed by atoms with E-state index in [0.29, 0.717) is 35.8 Å². The van der Waals surface area contributed by atoms with Gasteiger partial charge in [0.25, 0.3) is 11.8 Å². The maximum atomic E-state index is 13.4. The minimum Gasteiger partial charge on any atom is -0.317 e. The molecule has 5 heterocycles. The molecule has 4 saturated heterocycles. The van der Waals surface area contributed by atoms with Crippen LogP contribution in [0.15, 0.2) is 18.2 Å². The van der Waals surface area contributed by atoms with Crippen molar-refractivity contribution in [3.8, 4) is 0 Å². The highest BCUT2D eigenvalue weighted by Crippen LogP contribution is 2.36. The first-order valence-electron chi connectivity index (χ1n) is 12.5. The van der Waals surface area contributed by atoms with Gasteiger partial charge in [0.05, 0.1) is 11.1 Å². The largest absolute Gasteiger partial charge is 0.317 e. The third kappa shape index (κ3) is 3.57. The summed E-state index contributed by atoms with van der Waals surface area (Å²) in [4.78, 5) is 56.7. The molecule has 9 heteroatoms. The Bertz CT molecular complexity index is 1040. The van der Waals surface area contributed by atoms with E-state index in [4.69, 9.17) is 0 Å². The number of piperazine rings is 1. The smallest absolute Gasteiger partial charge is 0.262 e. The number of nitrogens with one attached hydrogen (secondary N) is 2. The van der Waals surface area contributed by atoms with Gasteiger partial charge >= 0.3 is 0 Å². The summed E-state index contributed by atoms with van der Waals surface area (Å²) in [6.45, 7) is 4.77. The van der Waals surface area contributed by atoms with Crippen LogP contribution in [0.25, 0.3) is 0 Å². The lowest BCUT2D eigenvalue weighted by Crippen LogP contribution is -2.58. The highest BCUT2D eigenvalue weighted by Gasteiger charge is 2.47. The third-order valence-corrected chi connectivity index (χ3v) is 8.29. The van der Waals surface area contributed by atoms with Crippen molar-refractivity contribution in [1.82, 2.24) is 25.3 Å². The second kappa shape index (κ2) is 8.55. The Morgan fingerprint density at radius 1 is 0.853 bits per heavy atom. The third-order valence-electron chi connectivity index (χ3n) is 8.29. The number of carbonyl (C=O) groups excluding carboxylic acids is 4. The topological polar surface area (TPSA) is 102 Å². The van der Waals surface area contributed by atoms with Crippen molar-refractivity contribution in [2.24, 2.45) is 0 Å². The Morgan fingerprint density at radius 2 is 1.59 bits per heavy atom. The van der Waals surface area contributed by atoms with Crippen LogP contribution < -0.4 is 10.6 Å². The molecule has 180 valence electrons. The molecule has 9 nitrogen and oxygen atoms in total. The first-order valence-corrected chi connectivity index (χ1v) is 12.5. The van der Waals surface area contributed by atoms with Gasteiger partial charge in [0, 0.05) is 44.2 Å². The van der Waals surface area contributed by atoms with Crippen molar-refractivity contribution >= 4 is 23.6 Å². The van der Waals surface area contributed by atoms with Gasteiger partial charge in [0.15, 0.2) is 0 Å². The van der Waals surface area contributed by atoms with Crippen LogP contribution in [0.1, 0.15) is 64.8 Å². The van der Waals surface area contributed by atoms with Crippen molar-refractivity contribution in [2.45, 2.75) is 69.2 Å². The van der Waals surface area contributed by atoms with Crippen LogP contribution in [0.5, 0.6) is 0 Å². The molecular weight excluding hydrogens is 434 g/mol. The molecule has 34 heavy (non-hydrogen) atoms. The monoisotopic (exact) mass is 465 g/mol. The zero-order valence-corrected chi connectivity index (χ0v) is 19.3. The summed E-state index contributed by atoms with van der Waals surface area (Å²) in [7, 11) is 0. The number of amides is 4. The molecule has 4 fully saturated rings. The summed E-state index contributed by atoms with van der Waals surface area (Å²) in [6, 6.07) is 6.27. The zero-order valence-electron chi connectivity index (χ0n) is 19.3. The number of imide groups is 2. The van der Waals surface area contributed by atoms with Crippen LogP contribution in [0.3, 0.4) is 0 Å². The summed E-state index contributed by atoms with van der Waals surface area (Å²) in [5.74, 6) is -1.79. The quantitative estimate of drug-likeness (QED) is 0.624. The highest BCUT2D eigenvalue weighted by molar-refractivity contribution is 6.24. The predicted octanol–water partition coefficient (Wildman–Crippen LogP) is 0.488. The molecule has 2 bridgehead atoms. The second-order valence-corrected chi connectivity index (χ2v) is 10.3. The summed E-state index contributed by atoms with van der Waals surface area (Å²) in [5, 5.41) is 5.73. The molecule has 0 radical (unpaired) electrons. The van der Waals surface area contributed by atoms with Crippen molar-refractivity contribution in [3.63, 3.8) is 0 Å². The summed E-state index contributed by atoms with van der Waals surface area (Å²) >= 11 is 0. The molecule has 0 aromatic heterocycles. The fourth-order valence-electron chi connectivity index (χ4n) is 6.81. The minimum absolute atomic E-state index is 0.126. The van der Waals surface area contributed by atoms with Crippen molar-refractivity contribution in [2.75, 3.05) is 26.2 Å². The summed E-state index contributed by atoms with van der Waals surface area (Å²) in [5.41, 5.74) is 1.63. The Morgan fingerprint density at radius 3 is 2.29 bits per heavy atom. The van der Waals surface area contributed by atoms with Gasteiger partial charge in [-0.1, -0.05) is 12.1 Å². The van der Waals surface area contributed by atoms with Gasteiger partial charge in [-0.05, 0) is 56.8 Å². The molecule has 5 aliphatic heterocycles. The summed E-state index contributed by atoms with van der Waals surface area (Å²) in [6.07, 6.45) is 5.17. The number of benzene rings is 1. The lowest BCUT2D eigenvalue weighted by molar-refractivity contribution is -0.136. The van der Waals surface area contributed by atoms with E-state index in [1.807, 2.05) is 12.1 Å². The van der Waals surface area contributed by atoms with Gasteiger partial charge in [-0.2, -0.15) is 0 Å². The molecule has 3 unspecified atom stereocenters. The molecule has 3 atom stereocenters. The van der Waals surface area contributed by atoms with Gasteiger partial charge in [-0.25, -0.2) is 0 Å². The van der Waals surface area contributed by atoms with Gasteiger partial charge < -0.3 is 5.32 Å². The van der Waals surface area contributed by atoms with E-state index in [-0.39, 0.29) is 18.7 Å². The fraction of sp³-hybridized carbons (Fsp3) is 0.600. The highest BCUT2D eigenvalue weighted by atomic mass is 16.2. The normalized spacial score (nSPS) is 30.7. The number of hydrogen-bond acceptors (Lipinski definition) is 7. The van der Waals surface area contributed by atoms with Crippen molar-refractivity contribution < 1.29 is 19.2 Å². The maximum Gasteiger partial charge on any atom is 0.262 e. The Kier molecular flexibility index (Phi) is 5.50. The van der Waals surface area contributed by atoms with Crippen LogP contribution in [0.4, 0.5) is 0 Å². The van der Waals surface area contributed by atoms with Crippen LogP contribution in [-0.2, 0) is 16.1 Å². The average Bonchev–Trinajstić information content (AvgIpc) is 3.25. The van der Waals surface area contributed by atoms with E-state index in [1.165, 1.54) is 25.7 Å². The molecule has 5 aliphatic rings. The number of fused-ring (bicyclic) bond motifs is 3. The molecule has 2 N–H and O–H groups in total. The van der Waals surface area contributed by atoms with E-state index in [0.717, 1.165) is 36.6 Å². The number of rotatable bonds is 4. The number of piperidine rings is 2. The van der Waals surface area contributed by atoms with E-state index in [1.54, 1.807) is 6.07 Å². The molecule has 4 amide bonds. The first kappa shape index (κ1) is 21.9. The van der Waals surface area contributed by atoms with Crippen LogP contribution in [0, 0.1) is 0 Å². The Hall–Kier alpha value is -2.62. The van der Waals surface area contributed by atoms with Crippen LogP contribution in [0.2, 0.25) is 0 Å². The SMILES string of the molecule is O=C1CCC(N2C(=O)c3cccc(CN4CC5CCC(C4)N5C4CCNCC4)c3C2=O)C(=O)N1. The molecule has 6 rings (SSSR count). The van der Waals surface area contributed by atoms with Crippen LogP contribution in [-0.4, -0.2) is 88.7 Å². The Balaban J connectivity index is 1.20. The molecular formula is C25H31N5O4. The lowest BCUT2D eigenvalue weighted by atomic mass is 9.99. The van der Waals surface area contributed by atoms with E-state index < -0.39 is 23.8 Å². The van der Waals surface area contributed by atoms with E-state index in [2.05, 4.69) is 20.4 Å². The molecule has 1 aromatic rings. The molecule has 0 aliphatic carbocycles. The minimum atomic E-state index is -0.928. The van der Waals surface area contributed by atoms with Gasteiger partial charge in [-0.3, -0.25) is 39.2 Å². The number of hydrogen-bond donors (Lipinski definition) is 2. The van der Waals surface area contributed by atoms with Gasteiger partial charge in [0.1, 0.15) is 6.04 Å². The summed E-state index contributed by atoms with van der Waals surface area (Å²) < 4.78 is 0. The van der Waals surface area contributed by atoms with Crippen molar-refractivity contribution in [3.05, 3.63) is 34.9 Å². The zero-order chi connectivity index (χ0) is 23.4. The Labute approximate surface area is 198 Å². The maximum absolute atomic E-state index is 13.4. The van der Waals surface area contributed by atoms with Gasteiger partial charge in [0.2, 0.25) is 11.8 Å².